The van der Waals surface area contributed by atoms with E-state index in [1.807, 2.05) is 0 Å². The lowest BCUT2D eigenvalue weighted by atomic mass is 10.1. The summed E-state index contributed by atoms with van der Waals surface area (Å²) in [6.07, 6.45) is 2.34. The van der Waals surface area contributed by atoms with Gasteiger partial charge in [0.15, 0.2) is 0 Å². The number of nitrogens with zero attached hydrogens (tertiary/aromatic N) is 4. The van der Waals surface area contributed by atoms with Crippen molar-refractivity contribution in [3.05, 3.63) is 34.4 Å². The molecule has 1 aromatic carbocycles. The Kier molecular flexibility index (Phi) is 3.93. The van der Waals surface area contributed by atoms with Gasteiger partial charge in [-0.2, -0.15) is 0 Å². The van der Waals surface area contributed by atoms with Gasteiger partial charge in [-0.15, -0.1) is 0 Å². The standard InChI is InChI=1S/C17H21N5O2/c23-22(24)13-3-4-15-14(11-13)16(20-7-1-2-8-20)12-17(19-15)21-9-5-18-6-10-21/h3-4,11-12,18H,1-2,5-10H2. The minimum atomic E-state index is -0.336. The van der Waals surface area contributed by atoms with Crippen LogP contribution in [0.3, 0.4) is 0 Å². The van der Waals surface area contributed by atoms with E-state index in [1.54, 1.807) is 18.2 Å². The first-order valence-electron chi connectivity index (χ1n) is 8.52. The van der Waals surface area contributed by atoms with Crippen LogP contribution in [-0.2, 0) is 0 Å². The summed E-state index contributed by atoms with van der Waals surface area (Å²) in [4.78, 5) is 20.2. The molecule has 0 amide bonds. The van der Waals surface area contributed by atoms with Crippen LogP contribution in [0.2, 0.25) is 0 Å². The molecule has 0 saturated carbocycles. The highest BCUT2D eigenvalue weighted by molar-refractivity contribution is 5.95. The number of nitrogens with one attached hydrogen (secondary N) is 1. The summed E-state index contributed by atoms with van der Waals surface area (Å²) in [7, 11) is 0. The van der Waals surface area contributed by atoms with Crippen LogP contribution in [-0.4, -0.2) is 49.2 Å². The van der Waals surface area contributed by atoms with E-state index < -0.39 is 0 Å². The Balaban J connectivity index is 1.84. The van der Waals surface area contributed by atoms with Crippen LogP contribution >= 0.6 is 0 Å². The summed E-state index contributed by atoms with van der Waals surface area (Å²) in [6.45, 7) is 5.79. The number of hydrogen-bond acceptors (Lipinski definition) is 6. The third kappa shape index (κ3) is 2.75. The van der Waals surface area contributed by atoms with Crippen LogP contribution in [0.5, 0.6) is 0 Å². The van der Waals surface area contributed by atoms with Gasteiger partial charge in [0.2, 0.25) is 0 Å². The van der Waals surface area contributed by atoms with Gasteiger partial charge in [-0.25, -0.2) is 4.98 Å². The fraction of sp³-hybridized carbons (Fsp3) is 0.471. The van der Waals surface area contributed by atoms with Crippen molar-refractivity contribution in [2.75, 3.05) is 49.1 Å². The molecule has 2 aliphatic rings. The monoisotopic (exact) mass is 327 g/mol. The van der Waals surface area contributed by atoms with Crippen molar-refractivity contribution in [1.82, 2.24) is 10.3 Å². The molecule has 1 aromatic heterocycles. The molecule has 2 fully saturated rings. The number of benzene rings is 1. The molecular formula is C17H21N5O2. The van der Waals surface area contributed by atoms with Crippen molar-refractivity contribution < 1.29 is 4.92 Å². The number of aromatic nitrogens is 1. The lowest BCUT2D eigenvalue weighted by Gasteiger charge is -2.30. The maximum absolute atomic E-state index is 11.1. The molecule has 0 unspecified atom stereocenters. The van der Waals surface area contributed by atoms with Crippen molar-refractivity contribution in [1.29, 1.82) is 0 Å². The summed E-state index contributed by atoms with van der Waals surface area (Å²) in [5.41, 5.74) is 2.04. The normalized spacial score (nSPS) is 18.3. The predicted octanol–water partition coefficient (Wildman–Crippen LogP) is 2.15. The Labute approximate surface area is 140 Å². The summed E-state index contributed by atoms with van der Waals surface area (Å²) >= 11 is 0. The third-order valence-corrected chi connectivity index (χ3v) is 4.86. The third-order valence-electron chi connectivity index (χ3n) is 4.86. The van der Waals surface area contributed by atoms with E-state index in [0.717, 1.165) is 61.7 Å². The Morgan fingerprint density at radius 2 is 1.79 bits per heavy atom. The Morgan fingerprint density at radius 1 is 1.04 bits per heavy atom. The van der Waals surface area contributed by atoms with Gasteiger partial charge in [0.25, 0.3) is 5.69 Å². The zero-order valence-electron chi connectivity index (χ0n) is 13.6. The molecule has 0 atom stereocenters. The molecular weight excluding hydrogens is 306 g/mol. The van der Waals surface area contributed by atoms with E-state index in [2.05, 4.69) is 21.2 Å². The molecule has 0 aliphatic carbocycles. The Bertz CT molecular complexity index is 767. The van der Waals surface area contributed by atoms with Gasteiger partial charge < -0.3 is 15.1 Å². The Hall–Kier alpha value is -2.41. The van der Waals surface area contributed by atoms with E-state index >= 15 is 0 Å². The van der Waals surface area contributed by atoms with Crippen molar-refractivity contribution >= 4 is 28.1 Å². The molecule has 7 nitrogen and oxygen atoms in total. The SMILES string of the molecule is O=[N+]([O-])c1ccc2nc(N3CCNCC3)cc(N3CCCC3)c2c1. The van der Waals surface area contributed by atoms with Gasteiger partial charge >= 0.3 is 0 Å². The van der Waals surface area contributed by atoms with Crippen LogP contribution in [0.4, 0.5) is 17.2 Å². The number of fused-ring (bicyclic) bond motifs is 1. The van der Waals surface area contributed by atoms with Crippen LogP contribution < -0.4 is 15.1 Å². The van der Waals surface area contributed by atoms with Crippen LogP contribution in [0.25, 0.3) is 10.9 Å². The van der Waals surface area contributed by atoms with Crippen LogP contribution in [0, 0.1) is 10.1 Å². The average Bonchev–Trinajstić information content (AvgIpc) is 3.15. The zero-order valence-corrected chi connectivity index (χ0v) is 13.6. The summed E-state index contributed by atoms with van der Waals surface area (Å²) in [6, 6.07) is 7.10. The lowest BCUT2D eigenvalue weighted by molar-refractivity contribution is -0.384. The molecule has 0 bridgehead atoms. The van der Waals surface area contributed by atoms with E-state index in [1.165, 1.54) is 12.8 Å². The first-order chi connectivity index (χ1) is 11.7. The second kappa shape index (κ2) is 6.24. The minimum Gasteiger partial charge on any atom is -0.371 e. The van der Waals surface area contributed by atoms with Crippen molar-refractivity contribution in [2.24, 2.45) is 0 Å². The number of hydrogen-bond donors (Lipinski definition) is 1. The van der Waals surface area contributed by atoms with Crippen molar-refractivity contribution in [3.8, 4) is 0 Å². The largest absolute Gasteiger partial charge is 0.371 e. The van der Waals surface area contributed by atoms with E-state index in [-0.39, 0.29) is 10.6 Å². The molecule has 1 N–H and O–H groups in total. The smallest absolute Gasteiger partial charge is 0.270 e. The van der Waals surface area contributed by atoms with Crippen LogP contribution in [0.1, 0.15) is 12.8 Å². The fourth-order valence-corrected chi connectivity index (χ4v) is 3.57. The highest BCUT2D eigenvalue weighted by atomic mass is 16.6. The number of non-ortho nitro benzene ring substituents is 1. The van der Waals surface area contributed by atoms with Crippen LogP contribution in [0.15, 0.2) is 24.3 Å². The molecule has 0 radical (unpaired) electrons. The maximum atomic E-state index is 11.1. The highest BCUT2D eigenvalue weighted by Crippen LogP contribution is 2.34. The number of piperazine rings is 1. The molecule has 7 heteroatoms. The minimum absolute atomic E-state index is 0.125. The van der Waals surface area contributed by atoms with Crippen molar-refractivity contribution in [3.63, 3.8) is 0 Å². The second-order valence-corrected chi connectivity index (χ2v) is 6.39. The van der Waals surface area contributed by atoms with Gasteiger partial charge in [0.05, 0.1) is 16.1 Å². The average molecular weight is 327 g/mol. The van der Waals surface area contributed by atoms with Gasteiger partial charge in [-0.3, -0.25) is 10.1 Å². The number of nitro groups is 1. The summed E-state index contributed by atoms with van der Waals surface area (Å²) in [5.74, 6) is 0.972. The zero-order chi connectivity index (χ0) is 16.5. The van der Waals surface area contributed by atoms with Gasteiger partial charge in [-0.05, 0) is 18.9 Å². The maximum Gasteiger partial charge on any atom is 0.270 e. The summed E-state index contributed by atoms with van der Waals surface area (Å²) < 4.78 is 0. The van der Waals surface area contributed by atoms with Gasteiger partial charge in [-0.1, -0.05) is 0 Å². The number of rotatable bonds is 3. The molecule has 0 spiro atoms. The number of pyridine rings is 1. The first kappa shape index (κ1) is 15.1. The topological polar surface area (TPSA) is 74.5 Å². The highest BCUT2D eigenvalue weighted by Gasteiger charge is 2.21. The molecule has 2 saturated heterocycles. The molecule has 2 aliphatic heterocycles. The van der Waals surface area contributed by atoms with E-state index in [9.17, 15) is 10.1 Å². The van der Waals surface area contributed by atoms with E-state index in [0.29, 0.717) is 0 Å². The molecule has 126 valence electrons. The van der Waals surface area contributed by atoms with E-state index in [4.69, 9.17) is 4.98 Å². The fourth-order valence-electron chi connectivity index (χ4n) is 3.57. The molecule has 2 aromatic rings. The molecule has 4 rings (SSSR count). The van der Waals surface area contributed by atoms with Gasteiger partial charge in [0.1, 0.15) is 5.82 Å². The number of nitro benzene ring substituents is 1. The second-order valence-electron chi connectivity index (χ2n) is 6.39. The Morgan fingerprint density at radius 3 is 2.50 bits per heavy atom. The molecule has 24 heavy (non-hydrogen) atoms. The lowest BCUT2D eigenvalue weighted by Crippen LogP contribution is -2.44. The summed E-state index contributed by atoms with van der Waals surface area (Å²) in [5, 5.41) is 15.4. The molecule has 3 heterocycles. The first-order valence-corrected chi connectivity index (χ1v) is 8.52. The predicted molar refractivity (Wildman–Crippen MR) is 94.9 cm³/mol. The van der Waals surface area contributed by atoms with Gasteiger partial charge in [0, 0.05) is 62.9 Å². The van der Waals surface area contributed by atoms with Crippen molar-refractivity contribution in [2.45, 2.75) is 12.8 Å². The number of anilines is 2. The quantitative estimate of drug-likeness (QED) is 0.688.